The van der Waals surface area contributed by atoms with Crippen molar-refractivity contribution in [1.29, 1.82) is 0 Å². The van der Waals surface area contributed by atoms with Crippen LogP contribution in [0.5, 0.6) is 12.0 Å². The molecule has 0 amide bonds. The standard InChI is InChI=1S/C12H20N4O2/c1-3-17-11-14-10(13-2)15-12(16-11)18-9-7-5-4-6-8-9/h9H,3-8H2,1-2H3,(H,13,14,15,16). The quantitative estimate of drug-likeness (QED) is 0.864. The van der Waals surface area contributed by atoms with Crippen molar-refractivity contribution in [1.82, 2.24) is 15.0 Å². The zero-order chi connectivity index (χ0) is 12.8. The van der Waals surface area contributed by atoms with Gasteiger partial charge in [0, 0.05) is 7.05 Å². The Balaban J connectivity index is 2.07. The maximum absolute atomic E-state index is 5.80. The molecule has 6 nitrogen and oxygen atoms in total. The Kier molecular flexibility index (Phi) is 4.55. The summed E-state index contributed by atoms with van der Waals surface area (Å²) in [4.78, 5) is 12.5. The van der Waals surface area contributed by atoms with Crippen LogP contribution in [0.25, 0.3) is 0 Å². The Morgan fingerprint density at radius 1 is 1.11 bits per heavy atom. The summed E-state index contributed by atoms with van der Waals surface area (Å²) in [5, 5.41) is 2.88. The van der Waals surface area contributed by atoms with Gasteiger partial charge in [-0.1, -0.05) is 6.42 Å². The van der Waals surface area contributed by atoms with Crippen molar-refractivity contribution in [3.8, 4) is 12.0 Å². The van der Waals surface area contributed by atoms with Crippen molar-refractivity contribution in [3.63, 3.8) is 0 Å². The zero-order valence-corrected chi connectivity index (χ0v) is 11.0. The van der Waals surface area contributed by atoms with Gasteiger partial charge in [-0.25, -0.2) is 0 Å². The van der Waals surface area contributed by atoms with E-state index in [1.165, 1.54) is 19.3 Å². The molecule has 1 aromatic rings. The lowest BCUT2D eigenvalue weighted by molar-refractivity contribution is 0.139. The van der Waals surface area contributed by atoms with Crippen molar-refractivity contribution in [2.75, 3.05) is 19.0 Å². The van der Waals surface area contributed by atoms with Crippen molar-refractivity contribution in [3.05, 3.63) is 0 Å². The molecule has 18 heavy (non-hydrogen) atoms. The fourth-order valence-corrected chi connectivity index (χ4v) is 2.03. The first-order chi connectivity index (χ1) is 8.81. The second-order valence-corrected chi connectivity index (χ2v) is 4.29. The molecule has 1 aromatic heterocycles. The molecule has 0 spiro atoms. The molecule has 1 saturated carbocycles. The van der Waals surface area contributed by atoms with Crippen molar-refractivity contribution in [2.24, 2.45) is 0 Å². The Labute approximate surface area is 107 Å². The molecule has 0 bridgehead atoms. The summed E-state index contributed by atoms with van der Waals surface area (Å²) in [5.41, 5.74) is 0. The number of ether oxygens (including phenoxy) is 2. The number of hydrogen-bond donors (Lipinski definition) is 1. The summed E-state index contributed by atoms with van der Waals surface area (Å²) in [7, 11) is 1.76. The van der Waals surface area contributed by atoms with Gasteiger partial charge in [0.25, 0.3) is 0 Å². The van der Waals surface area contributed by atoms with Crippen LogP contribution in [0, 0.1) is 0 Å². The third kappa shape index (κ3) is 3.45. The first kappa shape index (κ1) is 12.9. The van der Waals surface area contributed by atoms with Crippen molar-refractivity contribution >= 4 is 5.95 Å². The van der Waals surface area contributed by atoms with Crippen LogP contribution in [0.15, 0.2) is 0 Å². The van der Waals surface area contributed by atoms with Gasteiger partial charge in [0.2, 0.25) is 5.95 Å². The van der Waals surface area contributed by atoms with Crippen LogP contribution >= 0.6 is 0 Å². The Morgan fingerprint density at radius 2 is 1.83 bits per heavy atom. The van der Waals surface area contributed by atoms with Crippen LogP contribution in [-0.2, 0) is 0 Å². The van der Waals surface area contributed by atoms with Crippen LogP contribution in [0.2, 0.25) is 0 Å². The van der Waals surface area contributed by atoms with E-state index >= 15 is 0 Å². The summed E-state index contributed by atoms with van der Waals surface area (Å²) < 4.78 is 11.1. The molecule has 0 radical (unpaired) electrons. The summed E-state index contributed by atoms with van der Waals surface area (Å²) in [6, 6.07) is 0.660. The molecule has 100 valence electrons. The highest BCUT2D eigenvalue weighted by Crippen LogP contribution is 2.22. The topological polar surface area (TPSA) is 69.2 Å². The highest BCUT2D eigenvalue weighted by molar-refractivity contribution is 5.26. The smallest absolute Gasteiger partial charge is 0.324 e. The molecule has 0 aromatic carbocycles. The van der Waals surface area contributed by atoms with Gasteiger partial charge in [-0.05, 0) is 32.6 Å². The van der Waals surface area contributed by atoms with Gasteiger partial charge in [0.15, 0.2) is 0 Å². The van der Waals surface area contributed by atoms with E-state index in [0.717, 1.165) is 12.8 Å². The number of hydrogen-bond acceptors (Lipinski definition) is 6. The van der Waals surface area contributed by atoms with E-state index in [4.69, 9.17) is 9.47 Å². The Bertz CT molecular complexity index is 380. The Hall–Kier alpha value is -1.59. The number of aromatic nitrogens is 3. The fraction of sp³-hybridized carbons (Fsp3) is 0.750. The van der Waals surface area contributed by atoms with Crippen LogP contribution in [0.4, 0.5) is 5.95 Å². The van der Waals surface area contributed by atoms with Crippen molar-refractivity contribution < 1.29 is 9.47 Å². The molecule has 1 heterocycles. The molecule has 6 heteroatoms. The molecule has 0 atom stereocenters. The maximum atomic E-state index is 5.80. The number of anilines is 1. The van der Waals surface area contributed by atoms with E-state index in [2.05, 4.69) is 20.3 Å². The first-order valence-corrected chi connectivity index (χ1v) is 6.55. The molecule has 1 aliphatic rings. The van der Waals surface area contributed by atoms with E-state index in [-0.39, 0.29) is 6.10 Å². The molecule has 0 aliphatic heterocycles. The SMILES string of the molecule is CCOc1nc(NC)nc(OC2CCCCC2)n1. The summed E-state index contributed by atoms with van der Waals surface area (Å²) >= 11 is 0. The minimum atomic E-state index is 0.223. The molecular weight excluding hydrogens is 232 g/mol. The minimum absolute atomic E-state index is 0.223. The van der Waals surface area contributed by atoms with Gasteiger partial charge < -0.3 is 14.8 Å². The van der Waals surface area contributed by atoms with E-state index < -0.39 is 0 Å². The van der Waals surface area contributed by atoms with Crippen molar-refractivity contribution in [2.45, 2.75) is 45.1 Å². The van der Waals surface area contributed by atoms with Crippen LogP contribution in [0.3, 0.4) is 0 Å². The third-order valence-corrected chi connectivity index (χ3v) is 2.92. The first-order valence-electron chi connectivity index (χ1n) is 6.55. The second kappa shape index (κ2) is 6.37. The van der Waals surface area contributed by atoms with E-state index in [1.54, 1.807) is 7.05 Å². The minimum Gasteiger partial charge on any atom is -0.464 e. The van der Waals surface area contributed by atoms with E-state index in [1.807, 2.05) is 6.92 Å². The molecule has 1 N–H and O–H groups in total. The largest absolute Gasteiger partial charge is 0.464 e. The van der Waals surface area contributed by atoms with Gasteiger partial charge in [0.1, 0.15) is 6.10 Å². The van der Waals surface area contributed by atoms with Gasteiger partial charge >= 0.3 is 12.0 Å². The maximum Gasteiger partial charge on any atom is 0.324 e. The lowest BCUT2D eigenvalue weighted by atomic mass is 9.98. The van der Waals surface area contributed by atoms with Gasteiger partial charge in [-0.2, -0.15) is 9.97 Å². The molecular formula is C12H20N4O2. The molecule has 2 rings (SSSR count). The number of nitrogens with one attached hydrogen (secondary N) is 1. The predicted octanol–water partition coefficient (Wildman–Crippen LogP) is 2.02. The van der Waals surface area contributed by atoms with Crippen LogP contribution in [-0.4, -0.2) is 34.7 Å². The molecule has 1 fully saturated rings. The highest BCUT2D eigenvalue weighted by atomic mass is 16.5. The summed E-state index contributed by atoms with van der Waals surface area (Å²) in [6.45, 7) is 2.42. The number of nitrogens with zero attached hydrogens (tertiary/aromatic N) is 3. The third-order valence-electron chi connectivity index (χ3n) is 2.92. The lowest BCUT2D eigenvalue weighted by Gasteiger charge is -2.21. The Morgan fingerprint density at radius 3 is 2.50 bits per heavy atom. The number of rotatable bonds is 5. The second-order valence-electron chi connectivity index (χ2n) is 4.29. The normalized spacial score (nSPS) is 16.3. The van der Waals surface area contributed by atoms with E-state index in [0.29, 0.717) is 24.6 Å². The average Bonchev–Trinajstić information content (AvgIpc) is 2.40. The lowest BCUT2D eigenvalue weighted by Crippen LogP contribution is -2.21. The predicted molar refractivity (Wildman–Crippen MR) is 68.0 cm³/mol. The van der Waals surface area contributed by atoms with E-state index in [9.17, 15) is 0 Å². The summed E-state index contributed by atoms with van der Waals surface area (Å²) in [6.07, 6.45) is 6.10. The zero-order valence-electron chi connectivity index (χ0n) is 11.0. The average molecular weight is 252 g/mol. The monoisotopic (exact) mass is 252 g/mol. The molecule has 0 saturated heterocycles. The summed E-state index contributed by atoms with van der Waals surface area (Å²) in [5.74, 6) is 0.472. The van der Waals surface area contributed by atoms with Gasteiger partial charge in [-0.15, -0.1) is 4.98 Å². The fourth-order valence-electron chi connectivity index (χ4n) is 2.03. The van der Waals surface area contributed by atoms with Crippen LogP contribution < -0.4 is 14.8 Å². The van der Waals surface area contributed by atoms with Gasteiger partial charge in [-0.3, -0.25) is 0 Å². The highest BCUT2D eigenvalue weighted by Gasteiger charge is 2.17. The molecule has 1 aliphatic carbocycles. The molecule has 0 unspecified atom stereocenters. The van der Waals surface area contributed by atoms with Gasteiger partial charge in [0.05, 0.1) is 6.61 Å². The van der Waals surface area contributed by atoms with Crippen LogP contribution in [0.1, 0.15) is 39.0 Å².